The molecular weight excluding hydrogens is 1150 g/mol. The Morgan fingerprint density at radius 2 is 0.707 bits per heavy atom. The van der Waals surface area contributed by atoms with Gasteiger partial charge in [0, 0.05) is 45.3 Å². The van der Waals surface area contributed by atoms with Crippen molar-refractivity contribution in [3.63, 3.8) is 0 Å². The van der Waals surface area contributed by atoms with Gasteiger partial charge >= 0.3 is 48.2 Å². The van der Waals surface area contributed by atoms with Crippen LogP contribution in [-0.4, -0.2) is 263 Å². The number of urea groups is 8. The van der Waals surface area contributed by atoms with Gasteiger partial charge in [-0.3, -0.25) is 78.4 Å². The number of thiol groups is 4. The minimum Gasteiger partial charge on any atom is -0.492 e. The maximum Gasteiger partial charge on any atom is 0.327 e. The number of carbonyl (C=O) groups is 8. The monoisotopic (exact) mass is 1200 g/mol. The van der Waals surface area contributed by atoms with Crippen molar-refractivity contribution in [3.05, 3.63) is 46.5 Å². The largest absolute Gasteiger partial charge is 0.492 e. The van der Waals surface area contributed by atoms with Gasteiger partial charge in [0.1, 0.15) is 63.0 Å². The van der Waals surface area contributed by atoms with E-state index in [-0.39, 0.29) is 79.3 Å². The van der Waals surface area contributed by atoms with Crippen molar-refractivity contribution in [1.29, 1.82) is 0 Å². The van der Waals surface area contributed by atoms with Crippen molar-refractivity contribution in [2.45, 2.75) is 94.0 Å². The summed E-state index contributed by atoms with van der Waals surface area (Å²) >= 11 is 17.5. The highest BCUT2D eigenvalue weighted by atomic mass is 32.1. The molecule has 0 atom stereocenters. The number of fused-ring (bicyclic) bond motifs is 2. The number of carbonyl (C=O) groups excluding carboxylic acids is 8. The van der Waals surface area contributed by atoms with Crippen molar-refractivity contribution in [2.75, 3.05) is 89.5 Å². The van der Waals surface area contributed by atoms with Gasteiger partial charge in [-0.15, -0.1) is 0 Å². The van der Waals surface area contributed by atoms with Gasteiger partial charge in [0.25, 0.3) is 0 Å². The standard InChI is InChI=1S/C49H57N17O12S4/c1-45-46(2)61-22-53-35-34-51(37(53)67)20-55-36-48-50-49-47(3)59(43(73)65(49)24-63(48)39(55)69)18-28-29(33(78-11-15-82)7-6-32(28)77-10-14-81)19-60(47)44(74)66(49)25-64(48)40(70)56(36)21-52(34)38(68)54(35)23-62(46)42(72)58(45)17-27-26(16-57(45)41(61)71)30(75-8-12-79)4-5-31(27)76-9-13-80/h4-7,34-36,50,79-82H,8-25H2,1-3H3/t34-,35+,36+,45+,46-,47-,48+,49-. The highest BCUT2D eigenvalue weighted by Crippen LogP contribution is 2.63. The lowest BCUT2D eigenvalue weighted by Crippen LogP contribution is -2.91. The van der Waals surface area contributed by atoms with Crippen LogP contribution in [0.25, 0.3) is 0 Å². The van der Waals surface area contributed by atoms with Crippen LogP contribution >= 0.6 is 50.5 Å². The predicted molar refractivity (Wildman–Crippen MR) is 292 cm³/mol. The summed E-state index contributed by atoms with van der Waals surface area (Å²) in [5.74, 6) is 0.163. The molecule has 33 heteroatoms. The van der Waals surface area contributed by atoms with Crippen molar-refractivity contribution in [2.24, 2.45) is 0 Å². The number of hydrogen-bond donors (Lipinski definition) is 5. The van der Waals surface area contributed by atoms with E-state index in [1.54, 1.807) is 57.7 Å². The molecule has 0 aliphatic carbocycles. The zero-order valence-electron chi connectivity index (χ0n) is 44.6. The fourth-order valence-electron chi connectivity index (χ4n) is 16.3. The maximum atomic E-state index is 15.6. The molecule has 2 aromatic rings. The summed E-state index contributed by atoms with van der Waals surface area (Å²) < 4.78 is 24.8. The summed E-state index contributed by atoms with van der Waals surface area (Å²) in [7, 11) is 0. The van der Waals surface area contributed by atoms with Gasteiger partial charge in [0.15, 0.2) is 35.5 Å². The van der Waals surface area contributed by atoms with E-state index in [1.807, 2.05) is 6.92 Å². The van der Waals surface area contributed by atoms with Crippen LogP contribution in [0.4, 0.5) is 38.4 Å². The molecule has 2 spiro atoms. The van der Waals surface area contributed by atoms with Crippen LogP contribution in [0, 0.1) is 0 Å². The summed E-state index contributed by atoms with van der Waals surface area (Å²) in [4.78, 5) is 148. The second-order valence-electron chi connectivity index (χ2n) is 23.0. The maximum absolute atomic E-state index is 15.6. The number of ether oxygens (including phenoxy) is 4. The molecule has 14 heterocycles. The van der Waals surface area contributed by atoms with Gasteiger partial charge in [0.05, 0.1) is 52.6 Å². The lowest BCUT2D eigenvalue weighted by molar-refractivity contribution is -0.238. The zero-order valence-corrected chi connectivity index (χ0v) is 48.2. The second kappa shape index (κ2) is 16.5. The molecule has 0 radical (unpaired) electrons. The van der Waals surface area contributed by atoms with Gasteiger partial charge in [-0.25, -0.2) is 43.7 Å². The Morgan fingerprint density at radius 3 is 1.06 bits per heavy atom. The van der Waals surface area contributed by atoms with Crippen LogP contribution in [0.5, 0.6) is 23.0 Å². The number of rotatable bonds is 12. The van der Waals surface area contributed by atoms with E-state index in [4.69, 9.17) is 18.9 Å². The van der Waals surface area contributed by atoms with Crippen LogP contribution in [0.1, 0.15) is 43.0 Å². The van der Waals surface area contributed by atoms with Crippen LogP contribution < -0.4 is 24.3 Å². The topological polar surface area (TPSA) is 237 Å². The summed E-state index contributed by atoms with van der Waals surface area (Å²) in [6.07, 6.45) is -3.50. The number of amides is 16. The first-order chi connectivity index (χ1) is 39.4. The van der Waals surface area contributed by atoms with Crippen molar-refractivity contribution in [1.82, 2.24) is 83.7 Å². The number of nitrogens with one attached hydrogen (secondary N) is 1. The highest BCUT2D eigenvalue weighted by molar-refractivity contribution is 7.80. The fraction of sp³-hybridized carbons (Fsp3) is 0.592. The minimum atomic E-state index is -1.78. The molecule has 2 bridgehead atoms. The van der Waals surface area contributed by atoms with E-state index in [2.05, 4.69) is 55.8 Å². The van der Waals surface area contributed by atoms with Crippen LogP contribution in [-0.2, 0) is 26.2 Å². The molecule has 2 aromatic carbocycles. The number of nitrogens with zero attached hydrogens (tertiary/aromatic N) is 16. The van der Waals surface area contributed by atoms with Crippen molar-refractivity contribution < 1.29 is 57.3 Å². The smallest absolute Gasteiger partial charge is 0.327 e. The molecule has 29 nitrogen and oxygen atoms in total. The van der Waals surface area contributed by atoms with Crippen LogP contribution in [0.3, 0.4) is 0 Å². The van der Waals surface area contributed by atoms with Crippen LogP contribution in [0.15, 0.2) is 24.3 Å². The lowest BCUT2D eigenvalue weighted by Gasteiger charge is -2.62. The third kappa shape index (κ3) is 5.42. The van der Waals surface area contributed by atoms with Gasteiger partial charge in [0.2, 0.25) is 11.6 Å². The van der Waals surface area contributed by atoms with Crippen molar-refractivity contribution in [3.8, 4) is 23.0 Å². The molecule has 1 N–H and O–H groups in total. The van der Waals surface area contributed by atoms with Gasteiger partial charge in [-0.2, -0.15) is 50.5 Å². The molecule has 12 saturated heterocycles. The molecular formula is C49H57N17O12S4. The number of benzene rings is 2. The lowest BCUT2D eigenvalue weighted by atomic mass is 9.95. The fourth-order valence-corrected chi connectivity index (χ4v) is 16.6. The van der Waals surface area contributed by atoms with E-state index in [1.165, 1.54) is 58.8 Å². The Bertz CT molecular complexity index is 3160. The summed E-state index contributed by atoms with van der Waals surface area (Å²) in [6.45, 7) is 4.02. The molecule has 14 aliphatic heterocycles. The normalized spacial score (nSPS) is 33.6. The van der Waals surface area contributed by atoms with E-state index in [0.717, 1.165) is 0 Å². The van der Waals surface area contributed by atoms with Crippen molar-refractivity contribution >= 4 is 98.8 Å². The second-order valence-corrected chi connectivity index (χ2v) is 24.7. The Labute approximate surface area is 490 Å². The highest BCUT2D eigenvalue weighted by Gasteiger charge is 2.88. The van der Waals surface area contributed by atoms with Gasteiger partial charge < -0.3 is 18.9 Å². The molecule has 434 valence electrons. The third-order valence-electron chi connectivity index (χ3n) is 20.1. The minimum absolute atomic E-state index is 0.000838. The molecule has 14 aliphatic rings. The predicted octanol–water partition coefficient (Wildman–Crippen LogP) is 1.37. The quantitative estimate of drug-likeness (QED) is 0.189. The molecule has 82 heavy (non-hydrogen) atoms. The molecule has 0 unspecified atom stereocenters. The first-order valence-corrected chi connectivity index (χ1v) is 29.7. The molecule has 16 amide bonds. The molecule has 0 saturated carbocycles. The van der Waals surface area contributed by atoms with E-state index in [0.29, 0.717) is 68.3 Å². The van der Waals surface area contributed by atoms with Gasteiger partial charge in [-0.1, -0.05) is 0 Å². The summed E-state index contributed by atoms with van der Waals surface area (Å²) in [5.41, 5.74) is -1.84. The Balaban J connectivity index is 0.770. The first kappa shape index (κ1) is 50.9. The Morgan fingerprint density at radius 1 is 0.390 bits per heavy atom. The molecule has 0 aromatic heterocycles. The summed E-state index contributed by atoms with van der Waals surface area (Å²) in [6, 6.07) is 2.67. The Hall–Kier alpha value is -6.84. The van der Waals surface area contributed by atoms with E-state index >= 15 is 38.4 Å². The average Bonchev–Trinajstić information content (AvgIpc) is 1.47. The first-order valence-electron chi connectivity index (χ1n) is 27.1. The van der Waals surface area contributed by atoms with E-state index in [9.17, 15) is 0 Å². The zero-order chi connectivity index (χ0) is 56.8. The molecule has 12 fully saturated rings. The SMILES string of the molecule is C[C@]12N3Cc4c(OCCS)ccc(OCCS)c4CN1C(=O)N1CN4C(=O)N5CN6C(=O)N7CN8C(=O)N9Cc%10c(OCCS)ccc(OCCS)c%10CN%10C(=O)N%11CN%12C(=O)N(CN%13C(=O)N(CN(C3=O)[C@]12C)[C@@H]4[C@H]%135)[C@@H]6[C@]%127N[C@]%118[C@@]9%10C. The van der Waals surface area contributed by atoms with Crippen LogP contribution in [0.2, 0.25) is 0 Å². The van der Waals surface area contributed by atoms with E-state index < -0.39 is 109 Å². The Kier molecular flexibility index (Phi) is 10.2. The summed E-state index contributed by atoms with van der Waals surface area (Å²) in [5, 5.41) is 3.67. The third-order valence-corrected chi connectivity index (χ3v) is 20.8. The van der Waals surface area contributed by atoms with Gasteiger partial charge in [-0.05, 0) is 45.0 Å². The number of hydrogen-bond acceptors (Lipinski definition) is 17. The average molecular weight is 1200 g/mol. The molecule has 16 rings (SSSR count).